The molecule has 1 aliphatic carbocycles. The lowest BCUT2D eigenvalue weighted by atomic mass is 10.0. The van der Waals surface area contributed by atoms with Gasteiger partial charge < -0.3 is 9.47 Å². The second kappa shape index (κ2) is 6.66. The van der Waals surface area contributed by atoms with Crippen LogP contribution in [0.1, 0.15) is 32.1 Å². The van der Waals surface area contributed by atoms with Crippen LogP contribution in [0.15, 0.2) is 24.5 Å². The van der Waals surface area contributed by atoms with Crippen LogP contribution in [0.3, 0.4) is 0 Å². The van der Waals surface area contributed by atoms with Crippen molar-refractivity contribution in [3.63, 3.8) is 0 Å². The van der Waals surface area contributed by atoms with Gasteiger partial charge in [-0.15, -0.1) is 0 Å². The monoisotopic (exact) mass is 196 g/mol. The molecule has 0 bridgehead atoms. The van der Waals surface area contributed by atoms with Gasteiger partial charge in [0.1, 0.15) is 12.4 Å². The van der Waals surface area contributed by atoms with Gasteiger partial charge in [0, 0.05) is 0 Å². The predicted octanol–water partition coefficient (Wildman–Crippen LogP) is 3.05. The third kappa shape index (κ3) is 4.47. The molecule has 1 unspecified atom stereocenters. The second-order valence-electron chi connectivity index (χ2n) is 3.66. The Morgan fingerprint density at radius 3 is 3.07 bits per heavy atom. The van der Waals surface area contributed by atoms with Gasteiger partial charge in [-0.2, -0.15) is 0 Å². The molecule has 0 spiro atoms. The van der Waals surface area contributed by atoms with E-state index in [4.69, 9.17) is 9.47 Å². The molecule has 0 aromatic rings. The number of methoxy groups -OCH3 is 1. The summed E-state index contributed by atoms with van der Waals surface area (Å²) in [4.78, 5) is 0. The van der Waals surface area contributed by atoms with Crippen LogP contribution in [0.2, 0.25) is 0 Å². The molecule has 0 radical (unpaired) electrons. The summed E-state index contributed by atoms with van der Waals surface area (Å²) in [5.74, 6) is 0.695. The van der Waals surface area contributed by atoms with Crippen molar-refractivity contribution in [1.82, 2.24) is 0 Å². The lowest BCUT2D eigenvalue weighted by molar-refractivity contribution is 0.0675. The van der Waals surface area contributed by atoms with Crippen LogP contribution >= 0.6 is 0 Å². The second-order valence-corrected chi connectivity index (χ2v) is 3.66. The molecule has 80 valence electrons. The molecule has 0 saturated heterocycles. The summed E-state index contributed by atoms with van der Waals surface area (Å²) < 4.78 is 10.6. The minimum absolute atomic E-state index is 0.252. The van der Waals surface area contributed by atoms with Crippen molar-refractivity contribution in [3.05, 3.63) is 24.5 Å². The van der Waals surface area contributed by atoms with Crippen LogP contribution in [-0.2, 0) is 9.47 Å². The van der Waals surface area contributed by atoms with E-state index in [0.29, 0.717) is 12.4 Å². The molecule has 2 nitrogen and oxygen atoms in total. The van der Waals surface area contributed by atoms with E-state index in [2.05, 4.69) is 18.7 Å². The SMILES string of the molecule is C=C(COC1/C=C\CCCCC1)OC. The van der Waals surface area contributed by atoms with Crippen LogP contribution < -0.4 is 0 Å². The smallest absolute Gasteiger partial charge is 0.114 e. The molecule has 1 atom stereocenters. The van der Waals surface area contributed by atoms with Crippen molar-refractivity contribution in [2.75, 3.05) is 13.7 Å². The molecule has 0 heterocycles. The zero-order valence-electron chi connectivity index (χ0n) is 9.00. The maximum absolute atomic E-state index is 5.66. The van der Waals surface area contributed by atoms with Gasteiger partial charge in [-0.1, -0.05) is 31.6 Å². The van der Waals surface area contributed by atoms with Crippen molar-refractivity contribution in [1.29, 1.82) is 0 Å². The molecule has 2 heteroatoms. The van der Waals surface area contributed by atoms with Crippen molar-refractivity contribution in [3.8, 4) is 0 Å². The Hall–Kier alpha value is -0.760. The molecule has 14 heavy (non-hydrogen) atoms. The van der Waals surface area contributed by atoms with Crippen LogP contribution in [0.5, 0.6) is 0 Å². The van der Waals surface area contributed by atoms with Gasteiger partial charge in [-0.05, 0) is 19.3 Å². The van der Waals surface area contributed by atoms with Gasteiger partial charge >= 0.3 is 0 Å². The van der Waals surface area contributed by atoms with Gasteiger partial charge in [0.2, 0.25) is 0 Å². The van der Waals surface area contributed by atoms with Crippen LogP contribution in [-0.4, -0.2) is 19.8 Å². The highest BCUT2D eigenvalue weighted by Crippen LogP contribution is 2.14. The van der Waals surface area contributed by atoms with E-state index in [-0.39, 0.29) is 6.10 Å². The largest absolute Gasteiger partial charge is 0.499 e. The van der Waals surface area contributed by atoms with E-state index < -0.39 is 0 Å². The summed E-state index contributed by atoms with van der Waals surface area (Å²) in [7, 11) is 1.62. The molecular weight excluding hydrogens is 176 g/mol. The first-order valence-corrected chi connectivity index (χ1v) is 5.33. The molecule has 1 aliphatic rings. The Bertz CT molecular complexity index is 196. The van der Waals surface area contributed by atoms with Crippen molar-refractivity contribution in [2.24, 2.45) is 0 Å². The van der Waals surface area contributed by atoms with Gasteiger partial charge in [-0.3, -0.25) is 0 Å². The van der Waals surface area contributed by atoms with Crippen LogP contribution in [0.4, 0.5) is 0 Å². The molecule has 0 aromatic carbocycles. The molecule has 0 aliphatic heterocycles. The quantitative estimate of drug-likeness (QED) is 0.508. The number of hydrogen-bond donors (Lipinski definition) is 0. The molecule has 0 saturated carbocycles. The highest BCUT2D eigenvalue weighted by atomic mass is 16.5. The fourth-order valence-corrected chi connectivity index (χ4v) is 1.53. The van der Waals surface area contributed by atoms with Crippen molar-refractivity contribution >= 4 is 0 Å². The summed E-state index contributed by atoms with van der Waals surface area (Å²) in [6.45, 7) is 4.23. The van der Waals surface area contributed by atoms with E-state index in [0.717, 1.165) is 6.42 Å². The first-order chi connectivity index (χ1) is 6.83. The highest BCUT2D eigenvalue weighted by Gasteiger charge is 2.07. The lowest BCUT2D eigenvalue weighted by Crippen LogP contribution is -2.13. The van der Waals surface area contributed by atoms with Crippen molar-refractivity contribution in [2.45, 2.75) is 38.2 Å². The summed E-state index contributed by atoms with van der Waals surface area (Å²) in [6, 6.07) is 0. The Kier molecular flexibility index (Phi) is 5.38. The Labute approximate surface area is 86.6 Å². The zero-order valence-corrected chi connectivity index (χ0v) is 9.00. The van der Waals surface area contributed by atoms with E-state index in [1.54, 1.807) is 7.11 Å². The summed E-state index contributed by atoms with van der Waals surface area (Å²) in [5.41, 5.74) is 0. The standard InChI is InChI=1S/C12H20O2/c1-11(13-2)10-14-12-8-6-4-3-5-7-9-12/h6,8,12H,1,3-5,7,9-10H2,2H3/b8-6-. The molecular formula is C12H20O2. The fraction of sp³-hybridized carbons (Fsp3) is 0.667. The molecule has 0 aromatic heterocycles. The van der Waals surface area contributed by atoms with E-state index >= 15 is 0 Å². The van der Waals surface area contributed by atoms with Crippen molar-refractivity contribution < 1.29 is 9.47 Å². The highest BCUT2D eigenvalue weighted by molar-refractivity contribution is 4.92. The Balaban J connectivity index is 2.26. The summed E-state index contributed by atoms with van der Waals surface area (Å²) in [5, 5.41) is 0. The van der Waals surface area contributed by atoms with Gasteiger partial charge in [0.15, 0.2) is 0 Å². The van der Waals surface area contributed by atoms with Crippen LogP contribution in [0, 0.1) is 0 Å². The first kappa shape index (κ1) is 11.3. The minimum Gasteiger partial charge on any atom is -0.499 e. The lowest BCUT2D eigenvalue weighted by Gasteiger charge is -2.16. The minimum atomic E-state index is 0.252. The van der Waals surface area contributed by atoms with E-state index in [1.165, 1.54) is 25.7 Å². The predicted molar refractivity (Wildman–Crippen MR) is 58.1 cm³/mol. The summed E-state index contributed by atoms with van der Waals surface area (Å²) >= 11 is 0. The average Bonchev–Trinajstić information content (AvgIpc) is 2.15. The number of allylic oxidation sites excluding steroid dienone is 1. The maximum atomic E-state index is 5.66. The Morgan fingerprint density at radius 2 is 2.29 bits per heavy atom. The first-order valence-electron chi connectivity index (χ1n) is 5.33. The van der Waals surface area contributed by atoms with Crippen LogP contribution in [0.25, 0.3) is 0 Å². The van der Waals surface area contributed by atoms with Gasteiger partial charge in [0.05, 0.1) is 13.2 Å². The molecule has 1 rings (SSSR count). The maximum Gasteiger partial charge on any atom is 0.114 e. The van der Waals surface area contributed by atoms with E-state index in [1.807, 2.05) is 0 Å². The third-order valence-electron chi connectivity index (χ3n) is 2.46. The number of ether oxygens (including phenoxy) is 2. The third-order valence-corrected chi connectivity index (χ3v) is 2.46. The molecule has 0 N–H and O–H groups in total. The van der Waals surface area contributed by atoms with Gasteiger partial charge in [0.25, 0.3) is 0 Å². The number of hydrogen-bond acceptors (Lipinski definition) is 2. The molecule has 0 fully saturated rings. The topological polar surface area (TPSA) is 18.5 Å². The fourth-order valence-electron chi connectivity index (χ4n) is 1.53. The molecule has 0 amide bonds. The Morgan fingerprint density at radius 1 is 1.43 bits per heavy atom. The zero-order chi connectivity index (χ0) is 10.2. The normalized spacial score (nSPS) is 24.8. The van der Waals surface area contributed by atoms with E-state index in [9.17, 15) is 0 Å². The summed E-state index contributed by atoms with van der Waals surface area (Å²) in [6.07, 6.45) is 10.8. The number of rotatable bonds is 4. The average molecular weight is 196 g/mol. The van der Waals surface area contributed by atoms with Gasteiger partial charge in [-0.25, -0.2) is 0 Å².